The Labute approximate surface area is 126 Å². The molecule has 116 valence electrons. The van der Waals surface area contributed by atoms with Gasteiger partial charge in [0.25, 0.3) is 0 Å². The number of hydrogen-bond acceptors (Lipinski definition) is 3. The number of ether oxygens (including phenoxy) is 2. The average molecular weight is 315 g/mol. The van der Waals surface area contributed by atoms with Crippen LogP contribution in [0.25, 0.3) is 0 Å². The van der Waals surface area contributed by atoms with Crippen molar-refractivity contribution in [3.63, 3.8) is 0 Å². The van der Waals surface area contributed by atoms with Crippen molar-refractivity contribution >= 4 is 22.3 Å². The molecule has 0 rings (SSSR count). The normalized spacial score (nSPS) is 11.8. The van der Waals surface area contributed by atoms with Gasteiger partial charge in [0.1, 0.15) is 0 Å². The zero-order valence-electron chi connectivity index (χ0n) is 13.5. The van der Waals surface area contributed by atoms with E-state index in [4.69, 9.17) is 9.47 Å². The zero-order valence-corrected chi connectivity index (χ0v) is 15.5. The number of carbonyl (C=O) groups is 1. The Hall–Kier alpha value is -0.816. The molecular formula is C15H30O3Si2. The predicted molar refractivity (Wildman–Crippen MR) is 91.5 cm³/mol. The minimum Gasteiger partial charge on any atom is -0.434 e. The third kappa shape index (κ3) is 10.0. The van der Waals surface area contributed by atoms with Crippen molar-refractivity contribution in [2.24, 2.45) is 0 Å². The number of hydrogen-bond donors (Lipinski definition) is 0. The van der Waals surface area contributed by atoms with E-state index < -0.39 is 22.3 Å². The van der Waals surface area contributed by atoms with Crippen LogP contribution in [0.4, 0.5) is 4.79 Å². The van der Waals surface area contributed by atoms with Gasteiger partial charge in [-0.3, -0.25) is 0 Å². The molecule has 0 atom stereocenters. The van der Waals surface area contributed by atoms with Gasteiger partial charge in [-0.1, -0.05) is 38.3 Å². The van der Waals surface area contributed by atoms with Crippen LogP contribution >= 0.6 is 0 Å². The summed E-state index contributed by atoms with van der Waals surface area (Å²) in [5, 5.41) is 0. The molecule has 0 aromatic rings. The van der Waals surface area contributed by atoms with E-state index in [1.807, 2.05) is 0 Å². The van der Waals surface area contributed by atoms with Crippen molar-refractivity contribution in [3.05, 3.63) is 24.6 Å². The van der Waals surface area contributed by atoms with Gasteiger partial charge in [-0.05, 0) is 12.8 Å². The van der Waals surface area contributed by atoms with E-state index >= 15 is 0 Å². The Morgan fingerprint density at radius 2 is 1.25 bits per heavy atom. The molecular weight excluding hydrogens is 284 g/mol. The highest BCUT2D eigenvalue weighted by atomic mass is 28.3. The average Bonchev–Trinajstić information content (AvgIpc) is 2.40. The molecule has 0 fully saturated rings. The summed E-state index contributed by atoms with van der Waals surface area (Å²) in [7, 11) is -2.56. The number of carbonyl (C=O) groups excluding carboxylic acids is 1. The van der Waals surface area contributed by atoms with Crippen molar-refractivity contribution in [2.45, 2.75) is 51.1 Å². The fourth-order valence-electron chi connectivity index (χ4n) is 1.61. The summed E-state index contributed by atoms with van der Waals surface area (Å²) >= 11 is 0. The molecule has 0 unspecified atom stereocenters. The molecule has 20 heavy (non-hydrogen) atoms. The van der Waals surface area contributed by atoms with Crippen molar-refractivity contribution in [1.82, 2.24) is 0 Å². The molecule has 0 bridgehead atoms. The van der Waals surface area contributed by atoms with Crippen molar-refractivity contribution in [3.8, 4) is 0 Å². The van der Waals surface area contributed by atoms with E-state index in [1.165, 1.54) is 0 Å². The molecule has 0 spiro atoms. The lowest BCUT2D eigenvalue weighted by Crippen LogP contribution is -2.23. The summed E-state index contributed by atoms with van der Waals surface area (Å²) in [6.45, 7) is 17.6. The van der Waals surface area contributed by atoms with E-state index in [-0.39, 0.29) is 0 Å². The first-order valence-corrected chi connectivity index (χ1v) is 13.9. The van der Waals surface area contributed by atoms with Crippen molar-refractivity contribution < 1.29 is 14.3 Å². The van der Waals surface area contributed by atoms with E-state index in [0.717, 1.165) is 24.9 Å². The van der Waals surface area contributed by atoms with E-state index in [0.29, 0.717) is 13.2 Å². The first-order valence-electron chi connectivity index (χ1n) is 7.29. The lowest BCUT2D eigenvalue weighted by molar-refractivity contribution is 0.0554. The summed E-state index contributed by atoms with van der Waals surface area (Å²) in [6.07, 6.45) is 1.23. The maximum atomic E-state index is 11.4. The lowest BCUT2D eigenvalue weighted by atomic mass is 10.5. The second kappa shape index (κ2) is 9.18. The van der Waals surface area contributed by atoms with Crippen LogP contribution in [-0.2, 0) is 9.47 Å². The second-order valence-corrected chi connectivity index (χ2v) is 16.3. The molecule has 0 saturated heterocycles. The molecule has 0 saturated carbocycles. The summed E-state index contributed by atoms with van der Waals surface area (Å²) in [4.78, 5) is 11.4. The highest BCUT2D eigenvalue weighted by Crippen LogP contribution is 2.14. The quantitative estimate of drug-likeness (QED) is 0.330. The largest absolute Gasteiger partial charge is 0.508 e. The Kier molecular flexibility index (Phi) is 8.81. The van der Waals surface area contributed by atoms with Crippen molar-refractivity contribution in [1.29, 1.82) is 0 Å². The standard InChI is InChI=1S/C15H30O3Si2/c1-7-19(3,4)13-9-11-17-15(16)18-12-10-14-20(5,6)8-2/h7-8H,1-2,9-14H2,3-6H3. The van der Waals surface area contributed by atoms with Crippen LogP contribution in [0.1, 0.15) is 12.8 Å². The van der Waals surface area contributed by atoms with Crippen LogP contribution in [-0.4, -0.2) is 35.5 Å². The van der Waals surface area contributed by atoms with Gasteiger partial charge in [-0.25, -0.2) is 4.79 Å². The summed E-state index contributed by atoms with van der Waals surface area (Å²) in [6, 6.07) is 2.17. The Bertz CT molecular complexity index is 295. The van der Waals surface area contributed by atoms with Crippen LogP contribution in [0.3, 0.4) is 0 Å². The summed E-state index contributed by atoms with van der Waals surface area (Å²) in [5.41, 5.74) is 4.13. The van der Waals surface area contributed by atoms with E-state index in [9.17, 15) is 4.79 Å². The molecule has 3 nitrogen and oxygen atoms in total. The molecule has 5 heteroatoms. The number of rotatable bonds is 10. The molecule has 0 aliphatic rings. The Morgan fingerprint density at radius 1 is 0.900 bits per heavy atom. The van der Waals surface area contributed by atoms with Gasteiger partial charge in [0.05, 0.1) is 29.4 Å². The summed E-state index contributed by atoms with van der Waals surface area (Å²) < 4.78 is 10.1. The van der Waals surface area contributed by atoms with Gasteiger partial charge < -0.3 is 9.47 Å². The molecule has 0 amide bonds. The SMILES string of the molecule is C=C[Si](C)(C)CCCOC(=O)OCCC[Si](C)(C)C=C. The van der Waals surface area contributed by atoms with Gasteiger partial charge in [0.2, 0.25) is 0 Å². The fraction of sp³-hybridized carbons (Fsp3) is 0.667. The Balaban J connectivity index is 3.61. The minimum absolute atomic E-state index is 0.440. The van der Waals surface area contributed by atoms with Crippen LogP contribution in [0.2, 0.25) is 38.3 Å². The predicted octanol–water partition coefficient (Wildman–Crippen LogP) is 4.79. The maximum Gasteiger partial charge on any atom is 0.508 e. The minimum atomic E-state index is -1.28. The van der Waals surface area contributed by atoms with E-state index in [2.05, 4.69) is 50.7 Å². The van der Waals surface area contributed by atoms with Gasteiger partial charge in [0, 0.05) is 0 Å². The van der Waals surface area contributed by atoms with Gasteiger partial charge in [-0.2, -0.15) is 0 Å². The Morgan fingerprint density at radius 3 is 1.55 bits per heavy atom. The first kappa shape index (κ1) is 19.2. The van der Waals surface area contributed by atoms with Gasteiger partial charge in [0.15, 0.2) is 0 Å². The molecule has 0 aromatic carbocycles. The van der Waals surface area contributed by atoms with Crippen molar-refractivity contribution in [2.75, 3.05) is 13.2 Å². The second-order valence-electron chi connectivity index (χ2n) is 6.54. The highest BCUT2D eigenvalue weighted by Gasteiger charge is 2.16. The monoisotopic (exact) mass is 314 g/mol. The zero-order chi connectivity index (χ0) is 15.6. The van der Waals surface area contributed by atoms with Crippen LogP contribution in [0.5, 0.6) is 0 Å². The highest BCUT2D eigenvalue weighted by molar-refractivity contribution is 6.82. The smallest absolute Gasteiger partial charge is 0.434 e. The third-order valence-corrected chi connectivity index (χ3v) is 8.97. The maximum absolute atomic E-state index is 11.4. The third-order valence-electron chi connectivity index (χ3n) is 3.48. The molecule has 0 N–H and O–H groups in total. The van der Waals surface area contributed by atoms with E-state index in [1.54, 1.807) is 0 Å². The topological polar surface area (TPSA) is 35.5 Å². The lowest BCUT2D eigenvalue weighted by Gasteiger charge is -2.17. The molecule has 0 heterocycles. The summed E-state index contributed by atoms with van der Waals surface area (Å²) in [5.74, 6) is 0. The molecule has 0 aliphatic heterocycles. The van der Waals surface area contributed by atoms with Gasteiger partial charge >= 0.3 is 6.16 Å². The molecule has 0 aromatic heterocycles. The van der Waals surface area contributed by atoms with Crippen LogP contribution in [0.15, 0.2) is 24.6 Å². The van der Waals surface area contributed by atoms with Crippen LogP contribution < -0.4 is 0 Å². The first-order chi connectivity index (χ1) is 9.22. The fourth-order valence-corrected chi connectivity index (χ4v) is 4.13. The van der Waals surface area contributed by atoms with Gasteiger partial charge in [-0.15, -0.1) is 24.6 Å². The molecule has 0 radical (unpaired) electrons. The van der Waals surface area contributed by atoms with Crippen LogP contribution in [0, 0.1) is 0 Å². The molecule has 0 aliphatic carbocycles.